The van der Waals surface area contributed by atoms with Crippen molar-refractivity contribution in [3.63, 3.8) is 0 Å². The maximum Gasteiger partial charge on any atom is 0.137 e. The van der Waals surface area contributed by atoms with E-state index in [1.54, 1.807) is 7.11 Å². The third kappa shape index (κ3) is 2.60. The predicted octanol–water partition coefficient (Wildman–Crippen LogP) is 2.73. The zero-order chi connectivity index (χ0) is 10.7. The summed E-state index contributed by atoms with van der Waals surface area (Å²) in [5.74, 6) is 1.91. The Labute approximate surface area is 99.3 Å². The van der Waals surface area contributed by atoms with E-state index in [-0.39, 0.29) is 0 Å². The quantitative estimate of drug-likeness (QED) is 0.863. The van der Waals surface area contributed by atoms with E-state index in [0.717, 1.165) is 24.6 Å². The van der Waals surface area contributed by atoms with Gasteiger partial charge in [0.05, 0.1) is 12.1 Å². The number of hydrogen-bond donors (Lipinski definition) is 1. The number of rotatable bonds is 2. The molecule has 82 valence electrons. The van der Waals surface area contributed by atoms with Crippen LogP contribution >= 0.6 is 23.4 Å². The lowest BCUT2D eigenvalue weighted by Gasteiger charge is -2.23. The minimum absolute atomic E-state index is 0.516. The summed E-state index contributed by atoms with van der Waals surface area (Å²) in [6.07, 6.45) is 0. The molecule has 1 saturated heterocycles. The Morgan fingerprint density at radius 3 is 3.00 bits per heavy atom. The lowest BCUT2D eigenvalue weighted by Crippen LogP contribution is -2.28. The molecule has 2 rings (SSSR count). The van der Waals surface area contributed by atoms with Crippen molar-refractivity contribution in [1.29, 1.82) is 0 Å². The van der Waals surface area contributed by atoms with Gasteiger partial charge in [-0.1, -0.05) is 17.7 Å². The molecule has 15 heavy (non-hydrogen) atoms. The van der Waals surface area contributed by atoms with Crippen LogP contribution in [0.4, 0.5) is 0 Å². The van der Waals surface area contributed by atoms with E-state index in [1.165, 1.54) is 5.56 Å². The van der Waals surface area contributed by atoms with Gasteiger partial charge in [-0.15, -0.1) is 0 Å². The first kappa shape index (κ1) is 11.1. The topological polar surface area (TPSA) is 21.3 Å². The number of halogens is 1. The molecule has 0 aromatic heterocycles. The smallest absolute Gasteiger partial charge is 0.137 e. The van der Waals surface area contributed by atoms with Crippen LogP contribution < -0.4 is 10.1 Å². The zero-order valence-corrected chi connectivity index (χ0v) is 10.2. The van der Waals surface area contributed by atoms with E-state index < -0.39 is 0 Å². The van der Waals surface area contributed by atoms with Crippen LogP contribution in [0, 0.1) is 0 Å². The summed E-state index contributed by atoms with van der Waals surface area (Å²) in [6.45, 7) is 2.12. The van der Waals surface area contributed by atoms with Gasteiger partial charge in [0.1, 0.15) is 5.75 Å². The van der Waals surface area contributed by atoms with E-state index in [4.69, 9.17) is 16.3 Å². The number of methoxy groups -OCH3 is 1. The minimum Gasteiger partial charge on any atom is -0.495 e. The molecule has 0 aliphatic carbocycles. The number of thioether (sulfide) groups is 1. The Hall–Kier alpha value is -0.380. The Bertz CT molecular complexity index is 339. The van der Waals surface area contributed by atoms with E-state index >= 15 is 0 Å². The summed E-state index contributed by atoms with van der Waals surface area (Å²) >= 11 is 8.07. The molecule has 2 nitrogen and oxygen atoms in total. The van der Waals surface area contributed by atoms with Crippen LogP contribution in [0.25, 0.3) is 0 Å². The minimum atomic E-state index is 0.516. The molecule has 0 spiro atoms. The van der Waals surface area contributed by atoms with Crippen LogP contribution in [0.1, 0.15) is 10.8 Å². The molecule has 0 radical (unpaired) electrons. The largest absolute Gasteiger partial charge is 0.495 e. The first-order valence-corrected chi connectivity index (χ1v) is 6.39. The number of hydrogen-bond acceptors (Lipinski definition) is 3. The highest BCUT2D eigenvalue weighted by Gasteiger charge is 2.16. The van der Waals surface area contributed by atoms with Gasteiger partial charge in [0.15, 0.2) is 0 Å². The second kappa shape index (κ2) is 5.10. The van der Waals surface area contributed by atoms with Crippen LogP contribution in [-0.2, 0) is 0 Å². The van der Waals surface area contributed by atoms with Gasteiger partial charge in [-0.05, 0) is 17.7 Å². The maximum atomic E-state index is 6.09. The first-order chi connectivity index (χ1) is 7.31. The van der Waals surface area contributed by atoms with Gasteiger partial charge in [0, 0.05) is 24.1 Å². The second-order valence-corrected chi connectivity index (χ2v) is 5.18. The average Bonchev–Trinajstić information content (AvgIpc) is 2.30. The molecular formula is C11H14ClNOS. The SMILES string of the molecule is COc1ccc(C2CNCCS2)cc1Cl. The summed E-state index contributed by atoms with van der Waals surface area (Å²) in [5, 5.41) is 4.60. The second-order valence-electron chi connectivity index (χ2n) is 3.46. The number of benzene rings is 1. The van der Waals surface area contributed by atoms with Crippen molar-refractivity contribution in [2.75, 3.05) is 26.0 Å². The molecule has 1 aromatic rings. The molecule has 0 bridgehead atoms. The highest BCUT2D eigenvalue weighted by atomic mass is 35.5. The molecule has 1 aromatic carbocycles. The summed E-state index contributed by atoms with van der Waals surface area (Å²) in [5.41, 5.74) is 1.28. The van der Waals surface area contributed by atoms with Crippen molar-refractivity contribution in [3.8, 4) is 5.75 Å². The highest BCUT2D eigenvalue weighted by Crippen LogP contribution is 2.34. The summed E-state index contributed by atoms with van der Waals surface area (Å²) in [4.78, 5) is 0. The van der Waals surface area contributed by atoms with Gasteiger partial charge in [0.25, 0.3) is 0 Å². The lowest BCUT2D eigenvalue weighted by atomic mass is 10.1. The molecule has 1 atom stereocenters. The van der Waals surface area contributed by atoms with Gasteiger partial charge >= 0.3 is 0 Å². The van der Waals surface area contributed by atoms with E-state index in [0.29, 0.717) is 10.3 Å². The Morgan fingerprint density at radius 1 is 1.53 bits per heavy atom. The predicted molar refractivity (Wildman–Crippen MR) is 66.1 cm³/mol. The standard InChI is InChI=1S/C11H14ClNOS/c1-14-10-3-2-8(6-9(10)12)11-7-13-4-5-15-11/h2-3,6,11,13H,4-5,7H2,1H3. The Balaban J connectivity index is 2.17. The van der Waals surface area contributed by atoms with Crippen molar-refractivity contribution in [1.82, 2.24) is 5.32 Å². The third-order valence-corrected chi connectivity index (χ3v) is 4.05. The Kier molecular flexibility index (Phi) is 3.78. The van der Waals surface area contributed by atoms with Gasteiger partial charge in [-0.25, -0.2) is 0 Å². The summed E-state index contributed by atoms with van der Waals surface area (Å²) in [6, 6.07) is 6.03. The number of ether oxygens (including phenoxy) is 1. The summed E-state index contributed by atoms with van der Waals surface area (Å²) in [7, 11) is 1.64. The van der Waals surface area contributed by atoms with E-state index in [2.05, 4.69) is 11.4 Å². The van der Waals surface area contributed by atoms with Crippen LogP contribution in [-0.4, -0.2) is 26.0 Å². The normalized spacial score (nSPS) is 21.3. The van der Waals surface area contributed by atoms with Gasteiger partial charge in [-0.2, -0.15) is 11.8 Å². The number of nitrogens with one attached hydrogen (secondary N) is 1. The fourth-order valence-corrected chi connectivity index (χ4v) is 3.05. The molecular weight excluding hydrogens is 230 g/mol. The van der Waals surface area contributed by atoms with Crippen LogP contribution in [0.15, 0.2) is 18.2 Å². The third-order valence-electron chi connectivity index (χ3n) is 2.48. The van der Waals surface area contributed by atoms with Crippen molar-refractivity contribution in [2.45, 2.75) is 5.25 Å². The molecule has 0 amide bonds. The van der Waals surface area contributed by atoms with E-state index in [1.807, 2.05) is 23.9 Å². The van der Waals surface area contributed by atoms with E-state index in [9.17, 15) is 0 Å². The van der Waals surface area contributed by atoms with Crippen molar-refractivity contribution in [2.24, 2.45) is 0 Å². The first-order valence-electron chi connectivity index (χ1n) is 4.97. The molecule has 1 aliphatic heterocycles. The van der Waals surface area contributed by atoms with Gasteiger partial charge in [0.2, 0.25) is 0 Å². The van der Waals surface area contributed by atoms with Gasteiger partial charge < -0.3 is 10.1 Å². The monoisotopic (exact) mass is 243 g/mol. The fraction of sp³-hybridized carbons (Fsp3) is 0.455. The van der Waals surface area contributed by atoms with Crippen molar-refractivity contribution in [3.05, 3.63) is 28.8 Å². The molecule has 1 heterocycles. The van der Waals surface area contributed by atoms with Crippen LogP contribution in [0.5, 0.6) is 5.75 Å². The highest BCUT2D eigenvalue weighted by molar-refractivity contribution is 7.99. The average molecular weight is 244 g/mol. The van der Waals surface area contributed by atoms with Crippen LogP contribution in [0.2, 0.25) is 5.02 Å². The fourth-order valence-electron chi connectivity index (χ4n) is 1.66. The molecule has 1 unspecified atom stereocenters. The van der Waals surface area contributed by atoms with Crippen LogP contribution in [0.3, 0.4) is 0 Å². The molecule has 1 fully saturated rings. The molecule has 4 heteroatoms. The Morgan fingerprint density at radius 2 is 2.40 bits per heavy atom. The molecule has 1 aliphatic rings. The maximum absolute atomic E-state index is 6.09. The van der Waals surface area contributed by atoms with Crippen molar-refractivity contribution >= 4 is 23.4 Å². The zero-order valence-electron chi connectivity index (χ0n) is 8.63. The molecule has 1 N–H and O–H groups in total. The van der Waals surface area contributed by atoms with Gasteiger partial charge in [-0.3, -0.25) is 0 Å². The summed E-state index contributed by atoms with van der Waals surface area (Å²) < 4.78 is 5.13. The van der Waals surface area contributed by atoms with Crippen molar-refractivity contribution < 1.29 is 4.74 Å². The molecule has 0 saturated carbocycles. The lowest BCUT2D eigenvalue weighted by molar-refractivity contribution is 0.415.